The second-order valence-electron chi connectivity index (χ2n) is 3.02. The molecule has 1 amide bonds. The first-order chi connectivity index (χ1) is 7.19. The van der Waals surface area contributed by atoms with Crippen LogP contribution in [0.3, 0.4) is 0 Å². The molecule has 0 aliphatic rings. The maximum atomic E-state index is 11.3. The van der Waals surface area contributed by atoms with Gasteiger partial charge in [-0.15, -0.1) is 11.6 Å². The van der Waals surface area contributed by atoms with Gasteiger partial charge in [0.2, 0.25) is 5.91 Å². The van der Waals surface area contributed by atoms with E-state index in [0.717, 1.165) is 11.4 Å². The molecule has 0 saturated carbocycles. The molecule has 1 aromatic carbocycles. The summed E-state index contributed by atoms with van der Waals surface area (Å²) >= 11 is 5.48. The fourth-order valence-corrected chi connectivity index (χ4v) is 1.36. The molecule has 15 heavy (non-hydrogen) atoms. The highest BCUT2D eigenvalue weighted by Gasteiger charge is 2.09. The van der Waals surface area contributed by atoms with Gasteiger partial charge in [-0.05, 0) is 19.1 Å². The van der Waals surface area contributed by atoms with Gasteiger partial charge in [-0.2, -0.15) is 0 Å². The van der Waals surface area contributed by atoms with Crippen LogP contribution in [0.4, 0.5) is 5.69 Å². The Balaban J connectivity index is 2.84. The molecule has 0 spiro atoms. The zero-order valence-corrected chi connectivity index (χ0v) is 9.62. The topological polar surface area (TPSA) is 29.5 Å². The fraction of sp³-hybridized carbons (Fsp3) is 0.364. The van der Waals surface area contributed by atoms with Crippen LogP contribution in [0.25, 0.3) is 0 Å². The van der Waals surface area contributed by atoms with Crippen molar-refractivity contribution in [1.29, 1.82) is 0 Å². The van der Waals surface area contributed by atoms with Crippen LogP contribution in [0.1, 0.15) is 6.92 Å². The Kier molecular flexibility index (Phi) is 4.43. The van der Waals surface area contributed by atoms with Gasteiger partial charge in [0.05, 0.1) is 6.61 Å². The number of hydrogen-bond acceptors (Lipinski definition) is 2. The van der Waals surface area contributed by atoms with Crippen LogP contribution in [0.5, 0.6) is 5.75 Å². The van der Waals surface area contributed by atoms with Crippen LogP contribution in [-0.2, 0) is 4.79 Å². The first kappa shape index (κ1) is 11.9. The third kappa shape index (κ3) is 3.13. The van der Waals surface area contributed by atoms with Crippen molar-refractivity contribution in [3.8, 4) is 5.75 Å². The number of carbonyl (C=O) groups is 1. The number of nitrogens with zero attached hydrogens (tertiary/aromatic N) is 1. The second kappa shape index (κ2) is 5.61. The standard InChI is InChI=1S/C11H14ClNO2/c1-3-15-10-6-4-5-9(7-10)13(2)11(14)8-12/h4-7H,3,8H2,1-2H3. The molecule has 0 heterocycles. The number of benzene rings is 1. The summed E-state index contributed by atoms with van der Waals surface area (Å²) in [4.78, 5) is 12.8. The molecule has 0 aromatic heterocycles. The van der Waals surface area contributed by atoms with E-state index in [1.165, 1.54) is 4.90 Å². The predicted octanol–water partition coefficient (Wildman–Crippen LogP) is 2.29. The summed E-state index contributed by atoms with van der Waals surface area (Å²) in [5, 5.41) is 0. The number of anilines is 1. The van der Waals surface area contributed by atoms with Gasteiger partial charge in [0, 0.05) is 18.8 Å². The average Bonchev–Trinajstić information content (AvgIpc) is 2.28. The van der Waals surface area contributed by atoms with E-state index >= 15 is 0 Å². The van der Waals surface area contributed by atoms with E-state index in [2.05, 4.69) is 0 Å². The van der Waals surface area contributed by atoms with Crippen LogP contribution in [-0.4, -0.2) is 25.4 Å². The van der Waals surface area contributed by atoms with Crippen LogP contribution >= 0.6 is 11.6 Å². The molecule has 3 nitrogen and oxygen atoms in total. The Morgan fingerprint density at radius 3 is 2.87 bits per heavy atom. The molecule has 0 aliphatic heterocycles. The molecule has 0 aliphatic carbocycles. The van der Waals surface area contributed by atoms with E-state index in [1.54, 1.807) is 7.05 Å². The Labute approximate surface area is 94.6 Å². The molecule has 82 valence electrons. The summed E-state index contributed by atoms with van der Waals surface area (Å²) in [5.41, 5.74) is 0.784. The number of alkyl halides is 1. The second-order valence-corrected chi connectivity index (χ2v) is 3.28. The van der Waals surface area contributed by atoms with Crippen molar-refractivity contribution in [1.82, 2.24) is 0 Å². The smallest absolute Gasteiger partial charge is 0.241 e. The van der Waals surface area contributed by atoms with Crippen LogP contribution in [0, 0.1) is 0 Å². The van der Waals surface area contributed by atoms with Crippen LogP contribution in [0.2, 0.25) is 0 Å². The maximum absolute atomic E-state index is 11.3. The summed E-state index contributed by atoms with van der Waals surface area (Å²) in [7, 11) is 1.69. The van der Waals surface area contributed by atoms with Crippen LogP contribution in [0.15, 0.2) is 24.3 Å². The highest BCUT2D eigenvalue weighted by atomic mass is 35.5. The molecule has 0 atom stereocenters. The van der Waals surface area contributed by atoms with E-state index in [-0.39, 0.29) is 11.8 Å². The Morgan fingerprint density at radius 1 is 1.53 bits per heavy atom. The molecule has 4 heteroatoms. The van der Waals surface area contributed by atoms with Crippen molar-refractivity contribution in [2.45, 2.75) is 6.92 Å². The first-order valence-corrected chi connectivity index (χ1v) is 5.28. The minimum atomic E-state index is -0.134. The van der Waals surface area contributed by atoms with Crippen molar-refractivity contribution >= 4 is 23.2 Å². The molecule has 0 saturated heterocycles. The highest BCUT2D eigenvalue weighted by molar-refractivity contribution is 6.29. The molecule has 0 radical (unpaired) electrons. The van der Waals surface area contributed by atoms with Gasteiger partial charge >= 0.3 is 0 Å². The van der Waals surface area contributed by atoms with Crippen molar-refractivity contribution in [3.63, 3.8) is 0 Å². The van der Waals surface area contributed by atoms with Crippen molar-refractivity contribution < 1.29 is 9.53 Å². The number of rotatable bonds is 4. The Bertz CT molecular complexity index is 341. The summed E-state index contributed by atoms with van der Waals surface area (Å²) < 4.78 is 5.34. The molecule has 0 bridgehead atoms. The van der Waals surface area contributed by atoms with Crippen molar-refractivity contribution in [2.75, 3.05) is 24.4 Å². The quantitative estimate of drug-likeness (QED) is 0.739. The van der Waals surface area contributed by atoms with Gasteiger partial charge in [-0.3, -0.25) is 4.79 Å². The summed E-state index contributed by atoms with van der Waals surface area (Å²) in [6.45, 7) is 2.52. The number of ether oxygens (including phenoxy) is 1. The number of amides is 1. The summed E-state index contributed by atoms with van der Waals surface area (Å²) in [5.74, 6) is 0.601. The summed E-state index contributed by atoms with van der Waals surface area (Å²) in [6, 6.07) is 7.35. The largest absolute Gasteiger partial charge is 0.494 e. The predicted molar refractivity (Wildman–Crippen MR) is 61.7 cm³/mol. The van der Waals surface area contributed by atoms with E-state index in [1.807, 2.05) is 31.2 Å². The van der Waals surface area contributed by atoms with Crippen molar-refractivity contribution in [3.05, 3.63) is 24.3 Å². The van der Waals surface area contributed by atoms with E-state index in [0.29, 0.717) is 6.61 Å². The molecule has 0 fully saturated rings. The number of carbonyl (C=O) groups excluding carboxylic acids is 1. The van der Waals surface area contributed by atoms with Gasteiger partial charge in [0.1, 0.15) is 11.6 Å². The third-order valence-electron chi connectivity index (χ3n) is 2.00. The Morgan fingerprint density at radius 2 is 2.27 bits per heavy atom. The van der Waals surface area contributed by atoms with Gasteiger partial charge < -0.3 is 9.64 Å². The third-order valence-corrected chi connectivity index (χ3v) is 2.23. The molecule has 1 rings (SSSR count). The van der Waals surface area contributed by atoms with E-state index in [4.69, 9.17) is 16.3 Å². The lowest BCUT2D eigenvalue weighted by Gasteiger charge is -2.16. The Hall–Kier alpha value is -1.22. The van der Waals surface area contributed by atoms with Gasteiger partial charge in [0.15, 0.2) is 0 Å². The SMILES string of the molecule is CCOc1cccc(N(C)C(=O)CCl)c1. The van der Waals surface area contributed by atoms with Gasteiger partial charge in [0.25, 0.3) is 0 Å². The maximum Gasteiger partial charge on any atom is 0.241 e. The average molecular weight is 228 g/mol. The lowest BCUT2D eigenvalue weighted by Crippen LogP contribution is -2.27. The normalized spacial score (nSPS) is 9.80. The highest BCUT2D eigenvalue weighted by Crippen LogP contribution is 2.20. The van der Waals surface area contributed by atoms with Crippen molar-refractivity contribution in [2.24, 2.45) is 0 Å². The monoisotopic (exact) mass is 227 g/mol. The molecule has 1 aromatic rings. The fourth-order valence-electron chi connectivity index (χ4n) is 1.18. The number of hydrogen-bond donors (Lipinski definition) is 0. The minimum Gasteiger partial charge on any atom is -0.494 e. The van der Waals surface area contributed by atoms with Gasteiger partial charge in [-0.25, -0.2) is 0 Å². The first-order valence-electron chi connectivity index (χ1n) is 4.74. The minimum absolute atomic E-state index is 0.0185. The zero-order valence-electron chi connectivity index (χ0n) is 8.87. The lowest BCUT2D eigenvalue weighted by molar-refractivity contribution is -0.116. The van der Waals surface area contributed by atoms with Crippen LogP contribution < -0.4 is 9.64 Å². The van der Waals surface area contributed by atoms with Gasteiger partial charge in [-0.1, -0.05) is 6.07 Å². The molecular weight excluding hydrogens is 214 g/mol. The van der Waals surface area contributed by atoms with E-state index < -0.39 is 0 Å². The zero-order chi connectivity index (χ0) is 11.3. The molecule has 0 N–H and O–H groups in total. The van der Waals surface area contributed by atoms with E-state index in [9.17, 15) is 4.79 Å². The molecule has 0 unspecified atom stereocenters. The molecular formula is C11H14ClNO2. The lowest BCUT2D eigenvalue weighted by atomic mass is 10.3. The number of halogens is 1. The summed E-state index contributed by atoms with van der Waals surface area (Å²) in [6.07, 6.45) is 0.